The van der Waals surface area contributed by atoms with E-state index in [1.165, 1.54) is 19.2 Å². The average Bonchev–Trinajstić information content (AvgIpc) is 3.16. The van der Waals surface area contributed by atoms with Crippen LogP contribution in [-0.4, -0.2) is 61.5 Å². The molecule has 9 nitrogen and oxygen atoms in total. The Kier molecular flexibility index (Phi) is 5.58. The van der Waals surface area contributed by atoms with Gasteiger partial charge < -0.3 is 14.6 Å². The van der Waals surface area contributed by atoms with Gasteiger partial charge in [-0.1, -0.05) is 0 Å². The van der Waals surface area contributed by atoms with Crippen molar-refractivity contribution >= 4 is 15.7 Å². The van der Waals surface area contributed by atoms with Crippen molar-refractivity contribution in [1.82, 2.24) is 4.31 Å². The summed E-state index contributed by atoms with van der Waals surface area (Å²) in [6.07, 6.45) is 0.437. The predicted molar refractivity (Wildman–Crippen MR) is 90.9 cm³/mol. The highest BCUT2D eigenvalue weighted by atomic mass is 32.2. The number of benzene rings is 1. The molecule has 1 aliphatic heterocycles. The topological polar surface area (TPSA) is 119 Å². The van der Waals surface area contributed by atoms with Crippen LogP contribution in [-0.2, 0) is 19.5 Å². The molecular weight excluding hydrogens is 364 g/mol. The molecule has 1 saturated heterocycles. The third-order valence-corrected chi connectivity index (χ3v) is 6.94. The first-order chi connectivity index (χ1) is 12.3. The Bertz CT molecular complexity index is 746. The van der Waals surface area contributed by atoms with Gasteiger partial charge in [0.05, 0.1) is 35.2 Å². The van der Waals surface area contributed by atoms with Crippen LogP contribution in [0.5, 0.6) is 0 Å². The molecule has 0 spiro atoms. The molecule has 144 valence electrons. The second-order valence-corrected chi connectivity index (χ2v) is 8.59. The van der Waals surface area contributed by atoms with Crippen LogP contribution in [0, 0.1) is 16.0 Å². The third-order valence-electron chi connectivity index (χ3n) is 5.05. The SMILES string of the molecule is CN([C@@H]1C[C@H](C2OCCO2)CC[C@H]1O)S(=O)(=O)c1ccc([N+](=O)[O-])cc1. The van der Waals surface area contributed by atoms with Gasteiger partial charge in [0.25, 0.3) is 5.69 Å². The Morgan fingerprint density at radius 1 is 1.19 bits per heavy atom. The molecule has 2 aliphatic rings. The molecule has 1 aliphatic carbocycles. The maximum absolute atomic E-state index is 12.9. The molecule has 10 heteroatoms. The van der Waals surface area contributed by atoms with E-state index in [1.807, 2.05) is 0 Å². The van der Waals surface area contributed by atoms with Crippen molar-refractivity contribution in [2.45, 2.75) is 42.6 Å². The number of nitro benzene ring substituents is 1. The first-order valence-corrected chi connectivity index (χ1v) is 9.88. The van der Waals surface area contributed by atoms with Crippen molar-refractivity contribution in [3.63, 3.8) is 0 Å². The van der Waals surface area contributed by atoms with Crippen LogP contribution in [0.4, 0.5) is 5.69 Å². The van der Waals surface area contributed by atoms with Crippen molar-refractivity contribution in [2.75, 3.05) is 20.3 Å². The third kappa shape index (κ3) is 3.74. The minimum Gasteiger partial charge on any atom is -0.391 e. The zero-order chi connectivity index (χ0) is 18.9. The molecule has 0 radical (unpaired) electrons. The summed E-state index contributed by atoms with van der Waals surface area (Å²) >= 11 is 0. The van der Waals surface area contributed by atoms with Gasteiger partial charge in [-0.3, -0.25) is 10.1 Å². The summed E-state index contributed by atoms with van der Waals surface area (Å²) in [6.45, 7) is 1.04. The van der Waals surface area contributed by atoms with Crippen molar-refractivity contribution in [3.8, 4) is 0 Å². The molecule has 1 aromatic carbocycles. The maximum Gasteiger partial charge on any atom is 0.269 e. The van der Waals surface area contributed by atoms with Crippen LogP contribution < -0.4 is 0 Å². The standard InChI is InChI=1S/C16H22N2O7S/c1-17(26(22,23)13-5-3-12(4-6-13)18(20)21)14-10-11(2-7-15(14)19)16-24-8-9-25-16/h3-6,11,14-16,19H,2,7-10H2,1H3/t11-,14-,15-/m1/s1. The Morgan fingerprint density at radius 2 is 1.81 bits per heavy atom. The van der Waals surface area contributed by atoms with E-state index in [0.29, 0.717) is 32.5 Å². The molecule has 0 bridgehead atoms. The lowest BCUT2D eigenvalue weighted by Crippen LogP contribution is -2.49. The lowest BCUT2D eigenvalue weighted by Gasteiger charge is -2.39. The van der Waals surface area contributed by atoms with E-state index in [1.54, 1.807) is 0 Å². The van der Waals surface area contributed by atoms with Crippen molar-refractivity contribution in [2.24, 2.45) is 5.92 Å². The van der Waals surface area contributed by atoms with Gasteiger partial charge in [-0.2, -0.15) is 4.31 Å². The van der Waals surface area contributed by atoms with Crippen LogP contribution in [0.1, 0.15) is 19.3 Å². The van der Waals surface area contributed by atoms with Crippen LogP contribution in [0.2, 0.25) is 0 Å². The molecule has 1 saturated carbocycles. The van der Waals surface area contributed by atoms with E-state index in [-0.39, 0.29) is 22.8 Å². The van der Waals surface area contributed by atoms with Gasteiger partial charge in [0, 0.05) is 25.1 Å². The number of aliphatic hydroxyl groups is 1. The molecular formula is C16H22N2O7S. The highest BCUT2D eigenvalue weighted by Crippen LogP contribution is 2.34. The van der Waals surface area contributed by atoms with Crippen molar-refractivity contribution in [1.29, 1.82) is 0 Å². The molecule has 1 N–H and O–H groups in total. The second kappa shape index (κ2) is 7.57. The van der Waals surface area contributed by atoms with E-state index in [0.717, 1.165) is 16.4 Å². The van der Waals surface area contributed by atoms with Gasteiger partial charge in [-0.15, -0.1) is 0 Å². The van der Waals surface area contributed by atoms with Crippen molar-refractivity contribution < 1.29 is 27.9 Å². The van der Waals surface area contributed by atoms with Crippen molar-refractivity contribution in [3.05, 3.63) is 34.4 Å². The fourth-order valence-corrected chi connectivity index (χ4v) is 4.93. The summed E-state index contributed by atoms with van der Waals surface area (Å²) < 4.78 is 37.9. The molecule has 26 heavy (non-hydrogen) atoms. The van der Waals surface area contributed by atoms with Crippen LogP contribution in [0.15, 0.2) is 29.2 Å². The summed E-state index contributed by atoms with van der Waals surface area (Å²) in [7, 11) is -2.47. The van der Waals surface area contributed by atoms with E-state index in [2.05, 4.69) is 0 Å². The summed E-state index contributed by atoms with van der Waals surface area (Å²) in [5.74, 6) is 0.0143. The highest BCUT2D eigenvalue weighted by Gasteiger charge is 2.41. The van der Waals surface area contributed by atoms with Gasteiger partial charge in [0.2, 0.25) is 10.0 Å². The van der Waals surface area contributed by atoms with Crippen LogP contribution in [0.25, 0.3) is 0 Å². The number of ether oxygens (including phenoxy) is 2. The van der Waals surface area contributed by atoms with Crippen LogP contribution in [0.3, 0.4) is 0 Å². The number of rotatable bonds is 5. The van der Waals surface area contributed by atoms with Crippen LogP contribution >= 0.6 is 0 Å². The second-order valence-electron chi connectivity index (χ2n) is 6.59. The summed E-state index contributed by atoms with van der Waals surface area (Å²) in [4.78, 5) is 10.1. The Morgan fingerprint density at radius 3 is 2.38 bits per heavy atom. The average molecular weight is 386 g/mol. The molecule has 3 atom stereocenters. The highest BCUT2D eigenvalue weighted by molar-refractivity contribution is 7.89. The monoisotopic (exact) mass is 386 g/mol. The summed E-state index contributed by atoms with van der Waals surface area (Å²) in [5, 5.41) is 21.1. The van der Waals surface area contributed by atoms with Gasteiger partial charge in [0.15, 0.2) is 6.29 Å². The van der Waals surface area contributed by atoms with E-state index in [9.17, 15) is 23.6 Å². The number of nitrogens with zero attached hydrogens (tertiary/aromatic N) is 2. The number of likely N-dealkylation sites (N-methyl/N-ethyl adjacent to an activating group) is 1. The number of nitro groups is 1. The normalized spacial score (nSPS) is 27.7. The Labute approximate surface area is 151 Å². The minimum atomic E-state index is -3.89. The molecule has 1 aromatic rings. The smallest absolute Gasteiger partial charge is 0.269 e. The molecule has 2 fully saturated rings. The van der Waals surface area contributed by atoms with Gasteiger partial charge in [0.1, 0.15) is 0 Å². The zero-order valence-electron chi connectivity index (χ0n) is 14.4. The molecule has 3 rings (SSSR count). The Hall–Kier alpha value is -1.59. The summed E-state index contributed by atoms with van der Waals surface area (Å²) in [5.41, 5.74) is -0.181. The minimum absolute atomic E-state index is 0.0143. The van der Waals surface area contributed by atoms with Gasteiger partial charge >= 0.3 is 0 Å². The first-order valence-electron chi connectivity index (χ1n) is 8.44. The maximum atomic E-state index is 12.9. The van der Waals surface area contributed by atoms with E-state index >= 15 is 0 Å². The van der Waals surface area contributed by atoms with E-state index in [4.69, 9.17) is 9.47 Å². The van der Waals surface area contributed by atoms with Gasteiger partial charge in [-0.05, 0) is 31.4 Å². The molecule has 0 aromatic heterocycles. The lowest BCUT2D eigenvalue weighted by molar-refractivity contribution is -0.384. The van der Waals surface area contributed by atoms with Gasteiger partial charge in [-0.25, -0.2) is 8.42 Å². The van der Waals surface area contributed by atoms with E-state index < -0.39 is 27.1 Å². The molecule has 0 unspecified atom stereocenters. The quantitative estimate of drug-likeness (QED) is 0.595. The molecule has 0 amide bonds. The lowest BCUT2D eigenvalue weighted by atomic mass is 9.83. The predicted octanol–water partition coefficient (Wildman–Crippen LogP) is 1.12. The zero-order valence-corrected chi connectivity index (χ0v) is 15.2. The number of hydrogen-bond acceptors (Lipinski definition) is 7. The fraction of sp³-hybridized carbons (Fsp3) is 0.625. The number of sulfonamides is 1. The first kappa shape index (κ1) is 19.2. The Balaban J connectivity index is 1.78. The number of aliphatic hydroxyl groups excluding tert-OH is 1. The molecule has 1 heterocycles. The summed E-state index contributed by atoms with van der Waals surface area (Å²) in [6, 6.07) is 4.11. The largest absolute Gasteiger partial charge is 0.391 e. The number of non-ortho nitro benzene ring substituents is 1. The fourth-order valence-electron chi connectivity index (χ4n) is 3.53. The number of hydrogen-bond donors (Lipinski definition) is 1.